The molecule has 0 heterocycles. The van der Waals surface area contributed by atoms with Crippen LogP contribution >= 0.6 is 0 Å². The summed E-state index contributed by atoms with van der Waals surface area (Å²) in [5, 5.41) is 0. The standard InChI is InChI=1S/C37H76O8/c1-38-26-28-42-34-36-44-32-30-40-24-22-20-18-16-14-12-10-8-6-4-3-5-7-9-11-13-15-17-19-21-23-25-41-31-33-45-37-35-43-29-27-39-2/h3-37H2,1-2H3. The molecule has 0 spiro atoms. The van der Waals surface area contributed by atoms with Gasteiger partial charge in [-0.1, -0.05) is 122 Å². The summed E-state index contributed by atoms with van der Waals surface area (Å²) >= 11 is 0. The first-order valence-corrected chi connectivity index (χ1v) is 18.9. The summed E-state index contributed by atoms with van der Waals surface area (Å²) in [6, 6.07) is 0. The zero-order chi connectivity index (χ0) is 32.4. The van der Waals surface area contributed by atoms with Crippen molar-refractivity contribution in [1.29, 1.82) is 0 Å². The van der Waals surface area contributed by atoms with Crippen LogP contribution in [0.5, 0.6) is 0 Å². The fraction of sp³-hybridized carbons (Fsp3) is 1.00. The van der Waals surface area contributed by atoms with Gasteiger partial charge in [0.25, 0.3) is 0 Å². The third kappa shape index (κ3) is 43.7. The van der Waals surface area contributed by atoms with Crippen LogP contribution in [0.3, 0.4) is 0 Å². The number of hydrogen-bond acceptors (Lipinski definition) is 8. The first-order chi connectivity index (χ1) is 22.4. The summed E-state index contributed by atoms with van der Waals surface area (Å²) in [5.74, 6) is 0. The van der Waals surface area contributed by atoms with Gasteiger partial charge in [-0.15, -0.1) is 0 Å². The Morgan fingerprint density at radius 1 is 0.178 bits per heavy atom. The first-order valence-electron chi connectivity index (χ1n) is 18.9. The molecule has 8 heteroatoms. The van der Waals surface area contributed by atoms with E-state index in [0.29, 0.717) is 79.3 Å². The van der Waals surface area contributed by atoms with Crippen LogP contribution in [0.4, 0.5) is 0 Å². The van der Waals surface area contributed by atoms with Gasteiger partial charge in [0.05, 0.1) is 79.3 Å². The van der Waals surface area contributed by atoms with Gasteiger partial charge in [-0.3, -0.25) is 0 Å². The molecule has 0 radical (unpaired) electrons. The Labute approximate surface area is 279 Å². The van der Waals surface area contributed by atoms with Crippen molar-refractivity contribution in [1.82, 2.24) is 0 Å². The molecule has 0 rings (SSSR count). The maximum atomic E-state index is 5.65. The lowest BCUT2D eigenvalue weighted by molar-refractivity contribution is 0.00323. The predicted molar refractivity (Wildman–Crippen MR) is 186 cm³/mol. The van der Waals surface area contributed by atoms with Crippen LogP contribution in [-0.4, -0.2) is 107 Å². The van der Waals surface area contributed by atoms with Crippen LogP contribution in [-0.2, 0) is 37.9 Å². The van der Waals surface area contributed by atoms with E-state index in [9.17, 15) is 0 Å². The second-order valence-corrected chi connectivity index (χ2v) is 12.1. The molecule has 0 fully saturated rings. The van der Waals surface area contributed by atoms with Crippen molar-refractivity contribution < 1.29 is 37.9 Å². The van der Waals surface area contributed by atoms with Crippen LogP contribution in [0.25, 0.3) is 0 Å². The molecular formula is C37H76O8. The van der Waals surface area contributed by atoms with E-state index < -0.39 is 0 Å². The minimum atomic E-state index is 0.621. The lowest BCUT2D eigenvalue weighted by Crippen LogP contribution is -2.11. The summed E-state index contributed by atoms with van der Waals surface area (Å²) < 4.78 is 42.8. The van der Waals surface area contributed by atoms with Crippen molar-refractivity contribution >= 4 is 0 Å². The van der Waals surface area contributed by atoms with Crippen molar-refractivity contribution in [3.05, 3.63) is 0 Å². The molecule has 0 saturated carbocycles. The van der Waals surface area contributed by atoms with Gasteiger partial charge in [0.2, 0.25) is 0 Å². The van der Waals surface area contributed by atoms with Crippen molar-refractivity contribution in [2.45, 2.75) is 135 Å². The highest BCUT2D eigenvalue weighted by Crippen LogP contribution is 2.15. The molecule has 8 nitrogen and oxygen atoms in total. The highest BCUT2D eigenvalue weighted by atomic mass is 16.6. The molecule has 0 aliphatic heterocycles. The van der Waals surface area contributed by atoms with Gasteiger partial charge < -0.3 is 37.9 Å². The minimum Gasteiger partial charge on any atom is -0.382 e. The highest BCUT2D eigenvalue weighted by Gasteiger charge is 1.98. The average Bonchev–Trinajstić information content (AvgIpc) is 3.05. The van der Waals surface area contributed by atoms with Crippen molar-refractivity contribution in [3.63, 3.8) is 0 Å². The van der Waals surface area contributed by atoms with Crippen LogP contribution in [0.1, 0.15) is 135 Å². The molecule has 0 unspecified atom stereocenters. The molecule has 0 saturated heterocycles. The van der Waals surface area contributed by atoms with Gasteiger partial charge in [0, 0.05) is 27.4 Å². The molecule has 0 aromatic carbocycles. The van der Waals surface area contributed by atoms with Crippen molar-refractivity contribution in [2.24, 2.45) is 0 Å². The van der Waals surface area contributed by atoms with E-state index in [1.165, 1.54) is 135 Å². The van der Waals surface area contributed by atoms with Gasteiger partial charge in [0.15, 0.2) is 0 Å². The number of unbranched alkanes of at least 4 members (excludes halogenated alkanes) is 20. The molecule has 0 bridgehead atoms. The van der Waals surface area contributed by atoms with E-state index in [4.69, 9.17) is 37.9 Å². The molecule has 0 aromatic heterocycles. The Bertz CT molecular complexity index is 455. The number of ether oxygens (including phenoxy) is 8. The van der Waals surface area contributed by atoms with E-state index in [-0.39, 0.29) is 0 Å². The molecule has 0 amide bonds. The Hall–Kier alpha value is -0.320. The van der Waals surface area contributed by atoms with Gasteiger partial charge in [0.1, 0.15) is 0 Å². The molecule has 0 atom stereocenters. The molecule has 272 valence electrons. The fourth-order valence-corrected chi connectivity index (χ4v) is 5.14. The molecule has 0 aromatic rings. The van der Waals surface area contributed by atoms with E-state index in [1.54, 1.807) is 14.2 Å². The Kier molecular flexibility index (Phi) is 43.4. The second-order valence-electron chi connectivity index (χ2n) is 12.1. The third-order valence-electron chi connectivity index (χ3n) is 7.93. The topological polar surface area (TPSA) is 73.8 Å². The maximum absolute atomic E-state index is 5.65. The first kappa shape index (κ1) is 44.7. The molecule has 45 heavy (non-hydrogen) atoms. The smallest absolute Gasteiger partial charge is 0.0701 e. The predicted octanol–water partition coefficient (Wildman–Crippen LogP) is 8.57. The molecule has 0 aliphatic rings. The zero-order valence-corrected chi connectivity index (χ0v) is 30.0. The SMILES string of the molecule is COCCOCCOCCOCCCCCCCCCCCCCCCCCCCCCCCOCCOCCOCCOC. The van der Waals surface area contributed by atoms with Crippen LogP contribution in [0.15, 0.2) is 0 Å². The summed E-state index contributed by atoms with van der Waals surface area (Å²) in [4.78, 5) is 0. The summed E-state index contributed by atoms with van der Waals surface area (Å²) in [6.07, 6.45) is 28.9. The fourth-order valence-electron chi connectivity index (χ4n) is 5.14. The quantitative estimate of drug-likeness (QED) is 0.0610. The second kappa shape index (κ2) is 43.7. The summed E-state index contributed by atoms with van der Waals surface area (Å²) in [6.45, 7) is 9.41. The maximum Gasteiger partial charge on any atom is 0.0701 e. The zero-order valence-electron chi connectivity index (χ0n) is 30.0. The average molecular weight is 649 g/mol. The monoisotopic (exact) mass is 649 g/mol. The van der Waals surface area contributed by atoms with Crippen LogP contribution < -0.4 is 0 Å². The Morgan fingerprint density at radius 2 is 0.333 bits per heavy atom. The Balaban J connectivity index is 3.03. The largest absolute Gasteiger partial charge is 0.382 e. The van der Waals surface area contributed by atoms with Crippen molar-refractivity contribution in [2.75, 3.05) is 107 Å². The van der Waals surface area contributed by atoms with Gasteiger partial charge in [-0.2, -0.15) is 0 Å². The molecular weight excluding hydrogens is 572 g/mol. The highest BCUT2D eigenvalue weighted by molar-refractivity contribution is 4.51. The number of hydrogen-bond donors (Lipinski definition) is 0. The van der Waals surface area contributed by atoms with Gasteiger partial charge in [-0.25, -0.2) is 0 Å². The minimum absolute atomic E-state index is 0.621. The third-order valence-corrected chi connectivity index (χ3v) is 7.93. The normalized spacial score (nSPS) is 11.6. The van der Waals surface area contributed by atoms with Gasteiger partial charge in [-0.05, 0) is 12.8 Å². The van der Waals surface area contributed by atoms with E-state index >= 15 is 0 Å². The number of rotatable bonds is 42. The van der Waals surface area contributed by atoms with E-state index in [0.717, 1.165) is 13.2 Å². The molecule has 0 N–H and O–H groups in total. The summed E-state index contributed by atoms with van der Waals surface area (Å²) in [5.41, 5.74) is 0. The molecule has 0 aliphatic carbocycles. The van der Waals surface area contributed by atoms with Crippen LogP contribution in [0, 0.1) is 0 Å². The number of methoxy groups -OCH3 is 2. The van der Waals surface area contributed by atoms with E-state index in [1.807, 2.05) is 0 Å². The van der Waals surface area contributed by atoms with E-state index in [2.05, 4.69) is 0 Å². The lowest BCUT2D eigenvalue weighted by atomic mass is 10.0. The Morgan fingerprint density at radius 3 is 0.533 bits per heavy atom. The van der Waals surface area contributed by atoms with Crippen LogP contribution in [0.2, 0.25) is 0 Å². The van der Waals surface area contributed by atoms with Crippen molar-refractivity contribution in [3.8, 4) is 0 Å². The summed E-state index contributed by atoms with van der Waals surface area (Å²) in [7, 11) is 3.36. The van der Waals surface area contributed by atoms with Gasteiger partial charge >= 0.3 is 0 Å². The lowest BCUT2D eigenvalue weighted by Gasteiger charge is -2.07.